The van der Waals surface area contributed by atoms with Gasteiger partial charge in [0.1, 0.15) is 6.23 Å². The summed E-state index contributed by atoms with van der Waals surface area (Å²) in [5.41, 5.74) is 8.02. The zero-order valence-electron chi connectivity index (χ0n) is 11.5. The molecule has 0 heterocycles. The molecule has 0 fully saturated rings. The van der Waals surface area contributed by atoms with Crippen LogP contribution in [0.4, 0.5) is 0 Å². The maximum absolute atomic E-state index is 5.73. The molecule has 2 rings (SSSR count). The van der Waals surface area contributed by atoms with Crippen molar-refractivity contribution in [1.82, 2.24) is 0 Å². The maximum Gasteiger partial charge on any atom is 0.102 e. The number of rotatable bonds is 5. The summed E-state index contributed by atoms with van der Waals surface area (Å²) in [5, 5.41) is 0. The molecule has 0 aliphatic rings. The van der Waals surface area contributed by atoms with Crippen molar-refractivity contribution >= 4 is 0 Å². The molecule has 1 atom stereocenters. The van der Waals surface area contributed by atoms with Crippen LogP contribution in [-0.2, 0) is 10.2 Å². The van der Waals surface area contributed by atoms with Gasteiger partial charge >= 0.3 is 0 Å². The summed E-state index contributed by atoms with van der Waals surface area (Å²) >= 11 is 0. The first-order valence-corrected chi connectivity index (χ1v) is 6.61. The molecule has 2 heteroatoms. The first-order valence-electron chi connectivity index (χ1n) is 6.61. The zero-order chi connectivity index (χ0) is 13.7. The lowest BCUT2D eigenvalue weighted by atomic mass is 9.77. The molecular formula is C17H21NO. The minimum absolute atomic E-state index is 0.184. The second-order valence-electron chi connectivity index (χ2n) is 5.08. The summed E-state index contributed by atoms with van der Waals surface area (Å²) in [6.07, 6.45) is -0.258. The summed E-state index contributed by atoms with van der Waals surface area (Å²) in [7, 11) is 0. The Morgan fingerprint density at radius 2 is 1.37 bits per heavy atom. The van der Waals surface area contributed by atoms with Gasteiger partial charge in [0.2, 0.25) is 0 Å². The van der Waals surface area contributed by atoms with Crippen LogP contribution in [0, 0.1) is 0 Å². The molecule has 1 unspecified atom stereocenters. The standard InChI is InChI=1S/C17H21NO/c1-14(18)19-13-17(2,15-9-5-3-6-10-15)16-11-7-4-8-12-16/h3-12,14H,13,18H2,1-2H3. The van der Waals surface area contributed by atoms with Crippen molar-refractivity contribution in [1.29, 1.82) is 0 Å². The lowest BCUT2D eigenvalue weighted by Gasteiger charge is -2.31. The van der Waals surface area contributed by atoms with Crippen LogP contribution in [0.15, 0.2) is 60.7 Å². The van der Waals surface area contributed by atoms with Crippen molar-refractivity contribution in [2.75, 3.05) is 6.61 Å². The predicted octanol–water partition coefficient (Wildman–Crippen LogP) is 3.31. The Morgan fingerprint density at radius 3 is 1.74 bits per heavy atom. The van der Waals surface area contributed by atoms with Gasteiger partial charge in [0.25, 0.3) is 0 Å². The molecule has 19 heavy (non-hydrogen) atoms. The van der Waals surface area contributed by atoms with Gasteiger partial charge in [0.05, 0.1) is 6.61 Å². The highest BCUT2D eigenvalue weighted by Crippen LogP contribution is 2.32. The van der Waals surface area contributed by atoms with Gasteiger partial charge in [-0.05, 0) is 25.0 Å². The van der Waals surface area contributed by atoms with Crippen LogP contribution in [0.3, 0.4) is 0 Å². The second-order valence-corrected chi connectivity index (χ2v) is 5.08. The van der Waals surface area contributed by atoms with Crippen LogP contribution < -0.4 is 5.73 Å². The minimum atomic E-state index is -0.258. The fourth-order valence-corrected chi connectivity index (χ4v) is 2.24. The van der Waals surface area contributed by atoms with E-state index in [2.05, 4.69) is 55.5 Å². The molecule has 2 aromatic rings. The van der Waals surface area contributed by atoms with E-state index in [0.717, 1.165) is 0 Å². The van der Waals surface area contributed by atoms with Gasteiger partial charge in [-0.25, -0.2) is 0 Å². The molecular weight excluding hydrogens is 234 g/mol. The molecule has 100 valence electrons. The van der Waals surface area contributed by atoms with Crippen molar-refractivity contribution in [3.8, 4) is 0 Å². The highest BCUT2D eigenvalue weighted by Gasteiger charge is 2.29. The van der Waals surface area contributed by atoms with E-state index >= 15 is 0 Å². The first-order chi connectivity index (χ1) is 9.13. The third-order valence-corrected chi connectivity index (χ3v) is 3.46. The van der Waals surface area contributed by atoms with E-state index < -0.39 is 0 Å². The van der Waals surface area contributed by atoms with E-state index in [1.165, 1.54) is 11.1 Å². The van der Waals surface area contributed by atoms with Crippen molar-refractivity contribution in [2.45, 2.75) is 25.5 Å². The highest BCUT2D eigenvalue weighted by molar-refractivity contribution is 5.38. The van der Waals surface area contributed by atoms with Crippen LogP contribution in [-0.4, -0.2) is 12.8 Å². The smallest absolute Gasteiger partial charge is 0.102 e. The quantitative estimate of drug-likeness (QED) is 0.832. The normalized spacial score (nSPS) is 13.2. The number of hydrogen-bond donors (Lipinski definition) is 1. The fraction of sp³-hybridized carbons (Fsp3) is 0.294. The van der Waals surface area contributed by atoms with Gasteiger partial charge in [0.15, 0.2) is 0 Å². The molecule has 2 aromatic carbocycles. The van der Waals surface area contributed by atoms with E-state index in [0.29, 0.717) is 6.61 Å². The second kappa shape index (κ2) is 6.00. The maximum atomic E-state index is 5.73. The Morgan fingerprint density at radius 1 is 0.947 bits per heavy atom. The molecule has 0 radical (unpaired) electrons. The Balaban J connectivity index is 2.39. The van der Waals surface area contributed by atoms with Crippen molar-refractivity contribution < 1.29 is 4.74 Å². The van der Waals surface area contributed by atoms with E-state index in [1.54, 1.807) is 0 Å². The predicted molar refractivity (Wildman–Crippen MR) is 78.9 cm³/mol. The summed E-state index contributed by atoms with van der Waals surface area (Å²) < 4.78 is 5.69. The average Bonchev–Trinajstić information content (AvgIpc) is 2.46. The van der Waals surface area contributed by atoms with Crippen molar-refractivity contribution in [3.63, 3.8) is 0 Å². The van der Waals surface area contributed by atoms with E-state index in [1.807, 2.05) is 19.1 Å². The molecule has 0 spiro atoms. The fourth-order valence-electron chi connectivity index (χ4n) is 2.24. The van der Waals surface area contributed by atoms with Crippen LogP contribution >= 0.6 is 0 Å². The molecule has 2 N–H and O–H groups in total. The van der Waals surface area contributed by atoms with Crippen LogP contribution in [0.2, 0.25) is 0 Å². The summed E-state index contributed by atoms with van der Waals surface area (Å²) in [4.78, 5) is 0. The van der Waals surface area contributed by atoms with E-state index in [9.17, 15) is 0 Å². The van der Waals surface area contributed by atoms with Gasteiger partial charge < -0.3 is 10.5 Å². The third kappa shape index (κ3) is 3.22. The van der Waals surface area contributed by atoms with Crippen molar-refractivity contribution in [2.24, 2.45) is 5.73 Å². The first kappa shape index (κ1) is 13.8. The van der Waals surface area contributed by atoms with Crippen molar-refractivity contribution in [3.05, 3.63) is 71.8 Å². The molecule has 2 nitrogen and oxygen atoms in total. The molecule has 0 aliphatic carbocycles. The topological polar surface area (TPSA) is 35.2 Å². The lowest BCUT2D eigenvalue weighted by Crippen LogP contribution is -2.33. The molecule has 0 aromatic heterocycles. The van der Waals surface area contributed by atoms with Gasteiger partial charge in [-0.1, -0.05) is 60.7 Å². The van der Waals surface area contributed by atoms with Gasteiger partial charge in [-0.15, -0.1) is 0 Å². The Hall–Kier alpha value is -1.64. The lowest BCUT2D eigenvalue weighted by molar-refractivity contribution is 0.0454. The number of benzene rings is 2. The molecule has 0 saturated heterocycles. The van der Waals surface area contributed by atoms with Crippen LogP contribution in [0.25, 0.3) is 0 Å². The molecule has 0 aliphatic heterocycles. The Kier molecular flexibility index (Phi) is 4.35. The SMILES string of the molecule is CC(N)OCC(C)(c1ccccc1)c1ccccc1. The minimum Gasteiger partial charge on any atom is -0.363 e. The summed E-state index contributed by atoms with van der Waals surface area (Å²) in [6, 6.07) is 20.8. The van der Waals surface area contributed by atoms with E-state index in [-0.39, 0.29) is 11.6 Å². The summed E-state index contributed by atoms with van der Waals surface area (Å²) in [5.74, 6) is 0. The number of nitrogens with two attached hydrogens (primary N) is 1. The monoisotopic (exact) mass is 255 g/mol. The average molecular weight is 255 g/mol. The van der Waals surface area contributed by atoms with Gasteiger partial charge in [-0.2, -0.15) is 0 Å². The molecule has 0 amide bonds. The third-order valence-electron chi connectivity index (χ3n) is 3.46. The van der Waals surface area contributed by atoms with E-state index in [4.69, 9.17) is 10.5 Å². The number of ether oxygens (including phenoxy) is 1. The van der Waals surface area contributed by atoms with Crippen LogP contribution in [0.5, 0.6) is 0 Å². The summed E-state index contributed by atoms with van der Waals surface area (Å²) in [6.45, 7) is 4.62. The zero-order valence-corrected chi connectivity index (χ0v) is 11.5. The molecule has 0 bridgehead atoms. The Labute approximate surface area is 115 Å². The largest absolute Gasteiger partial charge is 0.363 e. The number of hydrogen-bond acceptors (Lipinski definition) is 2. The Bertz CT molecular complexity index is 454. The van der Waals surface area contributed by atoms with Crippen LogP contribution in [0.1, 0.15) is 25.0 Å². The highest BCUT2D eigenvalue weighted by atomic mass is 16.5. The van der Waals surface area contributed by atoms with Gasteiger partial charge in [0, 0.05) is 5.41 Å². The van der Waals surface area contributed by atoms with Gasteiger partial charge in [-0.3, -0.25) is 0 Å². The molecule has 0 saturated carbocycles.